The van der Waals surface area contributed by atoms with Crippen molar-refractivity contribution in [1.82, 2.24) is 0 Å². The van der Waals surface area contributed by atoms with E-state index in [0.29, 0.717) is 0 Å². The molecule has 0 saturated carbocycles. The van der Waals surface area contributed by atoms with Crippen LogP contribution in [-0.4, -0.2) is 32.8 Å². The van der Waals surface area contributed by atoms with Crippen LogP contribution in [0.1, 0.15) is 11.1 Å². The Kier molecular flexibility index (Phi) is 6.91. The number of ether oxygens (including phenoxy) is 2. The van der Waals surface area contributed by atoms with Gasteiger partial charge in [0.25, 0.3) is 0 Å². The summed E-state index contributed by atoms with van der Waals surface area (Å²) in [6.07, 6.45) is 0. The highest BCUT2D eigenvalue weighted by atomic mass is 79.9. The van der Waals surface area contributed by atoms with Gasteiger partial charge in [-0.15, -0.1) is 0 Å². The highest BCUT2D eigenvalue weighted by Crippen LogP contribution is 2.19. The van der Waals surface area contributed by atoms with E-state index in [1.165, 1.54) is 11.1 Å². The summed E-state index contributed by atoms with van der Waals surface area (Å²) < 4.78 is 11.3. The Labute approximate surface area is 143 Å². The van der Waals surface area contributed by atoms with E-state index in [0.717, 1.165) is 29.1 Å². The molecule has 0 spiro atoms. The second-order valence-corrected chi connectivity index (χ2v) is 5.95. The lowest BCUT2D eigenvalue weighted by Crippen LogP contribution is -3.00. The molecule has 0 aliphatic carbocycles. The Morgan fingerprint density at radius 1 is 0.682 bits per heavy atom. The average Bonchev–Trinajstić information content (AvgIpc) is 2.48. The maximum atomic E-state index is 5.20. The predicted molar refractivity (Wildman–Crippen MR) is 85.5 cm³/mol. The number of methoxy groups -OCH3 is 2. The Morgan fingerprint density at radius 3 is 1.27 bits per heavy atom. The van der Waals surface area contributed by atoms with Gasteiger partial charge in [0, 0.05) is 11.1 Å². The van der Waals surface area contributed by atoms with Crippen LogP contribution < -0.4 is 26.5 Å². The van der Waals surface area contributed by atoms with Crippen LogP contribution in [0.2, 0.25) is 0 Å². The average molecular weight is 366 g/mol. The summed E-state index contributed by atoms with van der Waals surface area (Å²) in [4.78, 5) is 0. The summed E-state index contributed by atoms with van der Waals surface area (Å²) in [5, 5.41) is 0. The highest BCUT2D eigenvalue weighted by molar-refractivity contribution is 5.27. The largest absolute Gasteiger partial charge is 1.00 e. The molecular formula is C18H24BrNO2. The normalized spacial score (nSPS) is 10.7. The van der Waals surface area contributed by atoms with Gasteiger partial charge in [0.1, 0.15) is 24.6 Å². The van der Waals surface area contributed by atoms with Gasteiger partial charge < -0.3 is 30.9 Å². The summed E-state index contributed by atoms with van der Waals surface area (Å²) in [5.41, 5.74) is 2.63. The molecule has 0 unspecified atom stereocenters. The lowest BCUT2D eigenvalue weighted by Gasteiger charge is -2.30. The molecule has 0 amide bonds. The number of benzene rings is 2. The maximum Gasteiger partial charge on any atom is 0.118 e. The third-order valence-corrected chi connectivity index (χ3v) is 3.54. The van der Waals surface area contributed by atoms with Crippen molar-refractivity contribution in [2.45, 2.75) is 13.1 Å². The smallest absolute Gasteiger partial charge is 0.118 e. The van der Waals surface area contributed by atoms with Crippen molar-refractivity contribution in [3.63, 3.8) is 0 Å². The van der Waals surface area contributed by atoms with Crippen LogP contribution in [0.25, 0.3) is 0 Å². The first-order chi connectivity index (χ1) is 10.0. The van der Waals surface area contributed by atoms with E-state index in [4.69, 9.17) is 9.47 Å². The molecule has 3 nitrogen and oxygen atoms in total. The van der Waals surface area contributed by atoms with Gasteiger partial charge in [0.15, 0.2) is 0 Å². The third kappa shape index (κ3) is 5.35. The minimum absolute atomic E-state index is 0. The van der Waals surface area contributed by atoms with Crippen LogP contribution in [0.3, 0.4) is 0 Å². The van der Waals surface area contributed by atoms with Crippen molar-refractivity contribution in [2.75, 3.05) is 28.3 Å². The van der Waals surface area contributed by atoms with E-state index >= 15 is 0 Å². The first kappa shape index (κ1) is 18.5. The first-order valence-electron chi connectivity index (χ1n) is 7.10. The highest BCUT2D eigenvalue weighted by Gasteiger charge is 2.16. The van der Waals surface area contributed by atoms with E-state index in [9.17, 15) is 0 Å². The summed E-state index contributed by atoms with van der Waals surface area (Å²) in [7, 11) is 7.88. The predicted octanol–water partition coefficient (Wildman–Crippen LogP) is 0.484. The van der Waals surface area contributed by atoms with Gasteiger partial charge in [-0.1, -0.05) is 0 Å². The third-order valence-electron chi connectivity index (χ3n) is 3.54. The standard InChI is InChI=1S/C18H24NO2.BrH/c1-19(2,13-15-5-9-17(20-3)10-6-15)14-16-7-11-18(21-4)12-8-16;/h5-12H,13-14H2,1-4H3;1H/q+1;/p-1. The zero-order chi connectivity index (χ0) is 15.3. The summed E-state index contributed by atoms with van der Waals surface area (Å²) >= 11 is 0. The van der Waals surface area contributed by atoms with Crippen molar-refractivity contribution in [1.29, 1.82) is 0 Å². The Hall–Kier alpha value is -1.52. The van der Waals surface area contributed by atoms with Crippen LogP contribution in [0, 0.1) is 0 Å². The van der Waals surface area contributed by atoms with E-state index < -0.39 is 0 Å². The van der Waals surface area contributed by atoms with Crippen molar-refractivity contribution >= 4 is 0 Å². The molecular weight excluding hydrogens is 342 g/mol. The first-order valence-corrected chi connectivity index (χ1v) is 7.10. The molecule has 2 rings (SSSR count). The molecule has 0 aliphatic rings. The van der Waals surface area contributed by atoms with Crippen molar-refractivity contribution < 1.29 is 30.9 Å². The topological polar surface area (TPSA) is 18.5 Å². The van der Waals surface area contributed by atoms with Crippen molar-refractivity contribution in [3.05, 3.63) is 59.7 Å². The number of nitrogens with zero attached hydrogens (tertiary/aromatic N) is 1. The summed E-state index contributed by atoms with van der Waals surface area (Å²) in [6.45, 7) is 1.96. The molecule has 0 bridgehead atoms. The van der Waals surface area contributed by atoms with Gasteiger partial charge in [-0.2, -0.15) is 0 Å². The van der Waals surface area contributed by atoms with E-state index in [1.807, 2.05) is 24.3 Å². The molecule has 0 aliphatic heterocycles. The molecule has 4 heteroatoms. The molecule has 0 aromatic heterocycles. The molecule has 0 fully saturated rings. The molecule has 0 N–H and O–H groups in total. The molecule has 0 radical (unpaired) electrons. The van der Waals surface area contributed by atoms with Gasteiger partial charge in [-0.3, -0.25) is 0 Å². The van der Waals surface area contributed by atoms with Crippen LogP contribution in [0.4, 0.5) is 0 Å². The van der Waals surface area contributed by atoms with Crippen molar-refractivity contribution in [2.24, 2.45) is 0 Å². The van der Waals surface area contributed by atoms with E-state index in [2.05, 4.69) is 38.4 Å². The van der Waals surface area contributed by atoms with Gasteiger partial charge in [0.05, 0.1) is 28.3 Å². The fourth-order valence-electron chi connectivity index (χ4n) is 2.51. The second kappa shape index (κ2) is 8.20. The van der Waals surface area contributed by atoms with Crippen molar-refractivity contribution in [3.8, 4) is 11.5 Å². The fourth-order valence-corrected chi connectivity index (χ4v) is 2.51. The molecule has 2 aromatic carbocycles. The minimum atomic E-state index is 0. The number of rotatable bonds is 6. The number of quaternary nitrogens is 1. The molecule has 2 aromatic rings. The van der Waals surface area contributed by atoms with Crippen LogP contribution in [-0.2, 0) is 13.1 Å². The van der Waals surface area contributed by atoms with E-state index in [-0.39, 0.29) is 17.0 Å². The number of hydrogen-bond acceptors (Lipinski definition) is 2. The Balaban J connectivity index is 0.00000242. The van der Waals surface area contributed by atoms with Gasteiger partial charge in [0.2, 0.25) is 0 Å². The number of hydrogen-bond donors (Lipinski definition) is 0. The van der Waals surface area contributed by atoms with E-state index in [1.54, 1.807) is 14.2 Å². The van der Waals surface area contributed by atoms with Gasteiger partial charge >= 0.3 is 0 Å². The maximum absolute atomic E-state index is 5.20. The molecule has 0 heterocycles. The Bertz CT molecular complexity index is 513. The lowest BCUT2D eigenvalue weighted by atomic mass is 10.1. The SMILES string of the molecule is COc1ccc(C[N+](C)(C)Cc2ccc(OC)cc2)cc1.[Br-]. The Morgan fingerprint density at radius 2 is 1.00 bits per heavy atom. The van der Waals surface area contributed by atoms with Gasteiger partial charge in [-0.05, 0) is 48.5 Å². The minimum Gasteiger partial charge on any atom is -1.00 e. The zero-order valence-electron chi connectivity index (χ0n) is 13.7. The molecule has 120 valence electrons. The lowest BCUT2D eigenvalue weighted by molar-refractivity contribution is -0.916. The van der Waals surface area contributed by atoms with Crippen LogP contribution >= 0.6 is 0 Å². The molecule has 0 atom stereocenters. The quantitative estimate of drug-likeness (QED) is 0.693. The summed E-state index contributed by atoms with van der Waals surface area (Å²) in [5.74, 6) is 1.80. The summed E-state index contributed by atoms with van der Waals surface area (Å²) in [6, 6.07) is 16.6. The molecule has 0 saturated heterocycles. The zero-order valence-corrected chi connectivity index (χ0v) is 15.3. The number of halogens is 1. The molecule has 22 heavy (non-hydrogen) atoms. The monoisotopic (exact) mass is 365 g/mol. The fraction of sp³-hybridized carbons (Fsp3) is 0.333. The van der Waals surface area contributed by atoms with Crippen LogP contribution in [0.5, 0.6) is 11.5 Å². The second-order valence-electron chi connectivity index (χ2n) is 5.95. The van der Waals surface area contributed by atoms with Gasteiger partial charge in [-0.25, -0.2) is 0 Å². The van der Waals surface area contributed by atoms with Crippen LogP contribution in [0.15, 0.2) is 48.5 Å².